The summed E-state index contributed by atoms with van der Waals surface area (Å²) in [6, 6.07) is 12.5. The van der Waals surface area contributed by atoms with Crippen molar-refractivity contribution >= 4 is 27.5 Å². The molecule has 0 saturated heterocycles. The van der Waals surface area contributed by atoms with Gasteiger partial charge in [-0.25, -0.2) is 0 Å². The number of rotatable bonds is 7. The molecule has 0 saturated carbocycles. The number of carbonyl (C=O) groups excluding carboxylic acids is 1. The van der Waals surface area contributed by atoms with Gasteiger partial charge < -0.3 is 20.5 Å². The van der Waals surface area contributed by atoms with E-state index < -0.39 is 5.54 Å². The van der Waals surface area contributed by atoms with Crippen LogP contribution in [0, 0.1) is 0 Å². The number of methoxy groups -OCH3 is 1. The molecular formula is C22H25BrN4O3. The van der Waals surface area contributed by atoms with E-state index in [2.05, 4.69) is 26.3 Å². The third-order valence-corrected chi connectivity index (χ3v) is 4.90. The minimum Gasteiger partial charge on any atom is -0.497 e. The lowest BCUT2D eigenvalue weighted by Gasteiger charge is -2.21. The molecule has 8 heteroatoms. The average Bonchev–Trinajstić information content (AvgIpc) is 3.04. The number of aromatic nitrogens is 2. The summed E-state index contributed by atoms with van der Waals surface area (Å²) in [5.41, 5.74) is 8.34. The Hall–Kier alpha value is -2.84. The maximum atomic E-state index is 12.7. The second-order valence-electron chi connectivity index (χ2n) is 7.64. The molecule has 1 heterocycles. The van der Waals surface area contributed by atoms with Crippen LogP contribution in [0.2, 0.25) is 0 Å². The topological polar surface area (TPSA) is 91.4 Å². The van der Waals surface area contributed by atoms with Crippen molar-refractivity contribution in [1.29, 1.82) is 0 Å². The number of anilines is 1. The number of nitrogens with two attached hydrogens (primary N) is 1. The molecule has 30 heavy (non-hydrogen) atoms. The van der Waals surface area contributed by atoms with Crippen molar-refractivity contribution in [3.8, 4) is 22.8 Å². The Bertz CT molecular complexity index is 1040. The molecule has 2 aromatic carbocycles. The van der Waals surface area contributed by atoms with Gasteiger partial charge in [0.25, 0.3) is 5.91 Å². The summed E-state index contributed by atoms with van der Waals surface area (Å²) in [6.07, 6.45) is 1.72. The van der Waals surface area contributed by atoms with Crippen molar-refractivity contribution in [3.63, 3.8) is 0 Å². The second kappa shape index (κ2) is 8.89. The molecule has 1 amide bonds. The summed E-state index contributed by atoms with van der Waals surface area (Å²) in [5.74, 6) is 1.04. The first-order chi connectivity index (χ1) is 14.2. The number of halogens is 1. The first-order valence-electron chi connectivity index (χ1n) is 9.37. The molecule has 0 radical (unpaired) electrons. The molecule has 3 N–H and O–H groups in total. The molecule has 7 nitrogen and oxygen atoms in total. The Kier molecular flexibility index (Phi) is 6.48. The van der Waals surface area contributed by atoms with Gasteiger partial charge in [-0.15, -0.1) is 0 Å². The lowest BCUT2D eigenvalue weighted by atomic mass is 10.1. The monoisotopic (exact) mass is 472 g/mol. The lowest BCUT2D eigenvalue weighted by Crippen LogP contribution is -2.38. The quantitative estimate of drug-likeness (QED) is 0.536. The van der Waals surface area contributed by atoms with E-state index in [1.165, 1.54) is 0 Å². The highest BCUT2D eigenvalue weighted by atomic mass is 79.9. The van der Waals surface area contributed by atoms with E-state index in [1.54, 1.807) is 48.3 Å². The van der Waals surface area contributed by atoms with Gasteiger partial charge in [-0.3, -0.25) is 9.48 Å². The summed E-state index contributed by atoms with van der Waals surface area (Å²) in [5, 5.41) is 7.22. The first kappa shape index (κ1) is 21.9. The Morgan fingerprint density at radius 2 is 2.03 bits per heavy atom. The van der Waals surface area contributed by atoms with Gasteiger partial charge in [-0.2, -0.15) is 5.10 Å². The van der Waals surface area contributed by atoms with Crippen LogP contribution < -0.4 is 20.5 Å². The molecule has 0 aliphatic rings. The molecule has 158 valence electrons. The number of amides is 1. The van der Waals surface area contributed by atoms with Crippen LogP contribution in [0.3, 0.4) is 0 Å². The van der Waals surface area contributed by atoms with Crippen LogP contribution in [0.15, 0.2) is 53.1 Å². The molecule has 0 aliphatic carbocycles. The summed E-state index contributed by atoms with van der Waals surface area (Å²) in [6.45, 7) is 4.13. The first-order valence-corrected chi connectivity index (χ1v) is 10.2. The minimum absolute atomic E-state index is 0.235. The predicted molar refractivity (Wildman–Crippen MR) is 121 cm³/mol. The molecule has 0 spiro atoms. The number of carbonyl (C=O) groups is 1. The van der Waals surface area contributed by atoms with Gasteiger partial charge >= 0.3 is 0 Å². The average molecular weight is 473 g/mol. The van der Waals surface area contributed by atoms with Gasteiger partial charge in [0.15, 0.2) is 0 Å². The number of hydrogen-bond donors (Lipinski definition) is 2. The largest absolute Gasteiger partial charge is 0.497 e. The van der Waals surface area contributed by atoms with Crippen molar-refractivity contribution < 1.29 is 14.3 Å². The van der Waals surface area contributed by atoms with E-state index in [9.17, 15) is 4.79 Å². The molecule has 3 rings (SSSR count). The van der Waals surface area contributed by atoms with Crippen LogP contribution in [-0.2, 0) is 7.05 Å². The Balaban J connectivity index is 1.94. The fraction of sp³-hybridized carbons (Fsp3) is 0.273. The maximum Gasteiger partial charge on any atom is 0.255 e. The zero-order valence-corrected chi connectivity index (χ0v) is 19.0. The number of ether oxygens (including phenoxy) is 2. The third-order valence-electron chi connectivity index (χ3n) is 4.32. The van der Waals surface area contributed by atoms with Gasteiger partial charge in [0.2, 0.25) is 0 Å². The Morgan fingerprint density at radius 3 is 2.67 bits per heavy atom. The number of hydrogen-bond acceptors (Lipinski definition) is 5. The van der Waals surface area contributed by atoms with E-state index in [4.69, 9.17) is 15.2 Å². The highest BCUT2D eigenvalue weighted by molar-refractivity contribution is 9.10. The molecule has 0 unspecified atom stereocenters. The van der Waals surface area contributed by atoms with E-state index in [0.717, 1.165) is 15.7 Å². The van der Waals surface area contributed by atoms with Gasteiger partial charge in [0.1, 0.15) is 18.1 Å². The van der Waals surface area contributed by atoms with Crippen molar-refractivity contribution in [1.82, 2.24) is 9.78 Å². The normalized spacial score (nSPS) is 11.3. The van der Waals surface area contributed by atoms with Gasteiger partial charge in [0, 0.05) is 29.4 Å². The number of nitrogens with zero attached hydrogens (tertiary/aromatic N) is 2. The zero-order chi connectivity index (χ0) is 21.9. The van der Waals surface area contributed by atoms with E-state index in [0.29, 0.717) is 29.4 Å². The minimum atomic E-state index is -0.486. The molecular weight excluding hydrogens is 448 g/mol. The second-order valence-corrected chi connectivity index (χ2v) is 8.49. The number of aryl methyl sites for hydroxylation is 1. The van der Waals surface area contributed by atoms with Crippen LogP contribution in [0.5, 0.6) is 11.5 Å². The van der Waals surface area contributed by atoms with Crippen LogP contribution in [0.4, 0.5) is 5.69 Å². The zero-order valence-electron chi connectivity index (χ0n) is 17.4. The van der Waals surface area contributed by atoms with Gasteiger partial charge in [-0.05, 0) is 66.2 Å². The summed E-state index contributed by atoms with van der Waals surface area (Å²) in [4.78, 5) is 12.7. The highest BCUT2D eigenvalue weighted by Gasteiger charge is 2.19. The standard InChI is InChI=1S/C22H25BrN4O3/c1-22(2,24)13-30-19-9-8-15(11-17(19)20-18(23)12-25-27(20)3)26-21(28)14-6-5-7-16(10-14)29-4/h5-12H,13,24H2,1-4H3,(H,26,28). The van der Waals surface area contributed by atoms with Crippen LogP contribution in [-0.4, -0.2) is 34.9 Å². The van der Waals surface area contributed by atoms with Crippen LogP contribution in [0.25, 0.3) is 11.3 Å². The van der Waals surface area contributed by atoms with Crippen LogP contribution >= 0.6 is 15.9 Å². The summed E-state index contributed by atoms with van der Waals surface area (Å²) < 4.78 is 13.8. The fourth-order valence-electron chi connectivity index (χ4n) is 2.86. The van der Waals surface area contributed by atoms with Gasteiger partial charge in [-0.1, -0.05) is 6.07 Å². The predicted octanol–water partition coefficient (Wildman–Crippen LogP) is 4.23. The van der Waals surface area contributed by atoms with E-state index in [1.807, 2.05) is 33.0 Å². The highest BCUT2D eigenvalue weighted by Crippen LogP contribution is 2.37. The Morgan fingerprint density at radius 1 is 1.27 bits per heavy atom. The summed E-state index contributed by atoms with van der Waals surface area (Å²) >= 11 is 3.54. The molecule has 0 aliphatic heterocycles. The third kappa shape index (κ3) is 5.20. The Labute approximate surface area is 184 Å². The maximum absolute atomic E-state index is 12.7. The van der Waals surface area contributed by atoms with Crippen molar-refractivity contribution in [2.24, 2.45) is 12.8 Å². The summed E-state index contributed by atoms with van der Waals surface area (Å²) in [7, 11) is 3.41. The van der Waals surface area contributed by atoms with E-state index in [-0.39, 0.29) is 5.91 Å². The molecule has 0 bridgehead atoms. The molecule has 1 aromatic heterocycles. The SMILES string of the molecule is COc1cccc(C(=O)Nc2ccc(OCC(C)(C)N)c(-c3c(Br)cnn3C)c2)c1. The van der Waals surface area contributed by atoms with Crippen molar-refractivity contribution in [2.45, 2.75) is 19.4 Å². The molecule has 0 fully saturated rings. The van der Waals surface area contributed by atoms with E-state index >= 15 is 0 Å². The lowest BCUT2D eigenvalue weighted by molar-refractivity contribution is 0.102. The van der Waals surface area contributed by atoms with Crippen molar-refractivity contribution in [3.05, 3.63) is 58.7 Å². The van der Waals surface area contributed by atoms with Crippen LogP contribution in [0.1, 0.15) is 24.2 Å². The molecule has 3 aromatic rings. The number of nitrogens with one attached hydrogen (secondary N) is 1. The number of benzene rings is 2. The van der Waals surface area contributed by atoms with Gasteiger partial charge in [0.05, 0.1) is 23.5 Å². The van der Waals surface area contributed by atoms with Crippen molar-refractivity contribution in [2.75, 3.05) is 19.0 Å². The fourth-order valence-corrected chi connectivity index (χ4v) is 3.43. The molecule has 0 atom stereocenters. The smallest absolute Gasteiger partial charge is 0.255 e.